The molecule has 6 heteroatoms. The van der Waals surface area contributed by atoms with E-state index < -0.39 is 0 Å². The van der Waals surface area contributed by atoms with E-state index in [1.54, 1.807) is 11.0 Å². The molecular formula is C11H12N4O2. The van der Waals surface area contributed by atoms with Gasteiger partial charge in [0, 0.05) is 13.0 Å². The van der Waals surface area contributed by atoms with E-state index in [1.807, 2.05) is 12.1 Å². The summed E-state index contributed by atoms with van der Waals surface area (Å²) in [5.41, 5.74) is 7.64. The number of aromatic nitrogens is 2. The highest BCUT2D eigenvalue weighted by atomic mass is 16.6. The predicted molar refractivity (Wildman–Crippen MR) is 61.3 cm³/mol. The van der Waals surface area contributed by atoms with Gasteiger partial charge in [-0.1, -0.05) is 6.07 Å². The van der Waals surface area contributed by atoms with Crippen molar-refractivity contribution in [3.05, 3.63) is 18.2 Å². The van der Waals surface area contributed by atoms with Gasteiger partial charge in [0.25, 0.3) is 0 Å². The Morgan fingerprint density at radius 3 is 3.12 bits per heavy atom. The minimum atomic E-state index is 0.0796. The van der Waals surface area contributed by atoms with Crippen molar-refractivity contribution in [1.29, 1.82) is 0 Å². The first-order valence-corrected chi connectivity index (χ1v) is 5.51. The lowest BCUT2D eigenvalue weighted by Crippen LogP contribution is -2.25. The van der Waals surface area contributed by atoms with Crippen molar-refractivity contribution in [3.8, 4) is 0 Å². The van der Waals surface area contributed by atoms with E-state index >= 15 is 0 Å². The summed E-state index contributed by atoms with van der Waals surface area (Å²) in [6, 6.07) is 5.49. The lowest BCUT2D eigenvalue weighted by molar-refractivity contribution is -0.117. The molecule has 1 aliphatic rings. The summed E-state index contributed by atoms with van der Waals surface area (Å²) in [6.07, 6.45) is 0.498. The average Bonchev–Trinajstić information content (AvgIpc) is 2.94. The van der Waals surface area contributed by atoms with Crippen molar-refractivity contribution in [2.24, 2.45) is 11.7 Å². The first-order chi connectivity index (χ1) is 8.29. The van der Waals surface area contributed by atoms with Crippen molar-refractivity contribution in [2.75, 3.05) is 18.0 Å². The molecule has 1 unspecified atom stereocenters. The van der Waals surface area contributed by atoms with Gasteiger partial charge in [-0.15, -0.1) is 0 Å². The smallest absolute Gasteiger partial charge is 0.227 e. The van der Waals surface area contributed by atoms with Crippen LogP contribution in [0.2, 0.25) is 0 Å². The molecule has 1 aromatic heterocycles. The molecule has 88 valence electrons. The zero-order valence-corrected chi connectivity index (χ0v) is 9.17. The molecule has 3 rings (SSSR count). The van der Waals surface area contributed by atoms with E-state index in [9.17, 15) is 4.79 Å². The van der Waals surface area contributed by atoms with Gasteiger partial charge < -0.3 is 10.6 Å². The number of rotatable bonds is 2. The topological polar surface area (TPSA) is 85.3 Å². The van der Waals surface area contributed by atoms with Gasteiger partial charge in [-0.05, 0) is 34.9 Å². The molecule has 1 amide bonds. The number of fused-ring (bicyclic) bond motifs is 1. The van der Waals surface area contributed by atoms with Gasteiger partial charge >= 0.3 is 0 Å². The molecule has 2 N–H and O–H groups in total. The quantitative estimate of drug-likeness (QED) is 0.816. The fourth-order valence-corrected chi connectivity index (χ4v) is 2.18. The van der Waals surface area contributed by atoms with Gasteiger partial charge in [0.2, 0.25) is 5.91 Å². The van der Waals surface area contributed by atoms with Crippen LogP contribution in [-0.4, -0.2) is 29.3 Å². The Morgan fingerprint density at radius 2 is 2.35 bits per heavy atom. The largest absolute Gasteiger partial charge is 0.330 e. The Labute approximate surface area is 97.3 Å². The van der Waals surface area contributed by atoms with Crippen LogP contribution in [0, 0.1) is 5.92 Å². The van der Waals surface area contributed by atoms with Crippen LogP contribution in [0.4, 0.5) is 5.69 Å². The molecule has 1 atom stereocenters. The van der Waals surface area contributed by atoms with Crippen LogP contribution in [0.15, 0.2) is 22.8 Å². The number of hydrogen-bond acceptors (Lipinski definition) is 5. The molecule has 1 aliphatic heterocycles. The maximum absolute atomic E-state index is 11.9. The summed E-state index contributed by atoms with van der Waals surface area (Å²) in [5, 5.41) is 7.60. The molecule has 2 heterocycles. The molecule has 2 aromatic rings. The molecule has 6 nitrogen and oxygen atoms in total. The van der Waals surface area contributed by atoms with Crippen LogP contribution in [0.1, 0.15) is 6.42 Å². The summed E-state index contributed by atoms with van der Waals surface area (Å²) < 4.78 is 4.69. The van der Waals surface area contributed by atoms with E-state index in [1.165, 1.54) is 0 Å². The summed E-state index contributed by atoms with van der Waals surface area (Å²) in [4.78, 5) is 13.6. The van der Waals surface area contributed by atoms with Crippen molar-refractivity contribution in [2.45, 2.75) is 6.42 Å². The van der Waals surface area contributed by atoms with E-state index in [0.29, 0.717) is 30.5 Å². The number of hydrogen-bond donors (Lipinski definition) is 1. The summed E-state index contributed by atoms with van der Waals surface area (Å²) in [6.45, 7) is 1.16. The Kier molecular flexibility index (Phi) is 2.29. The van der Waals surface area contributed by atoms with Crippen LogP contribution < -0.4 is 10.6 Å². The normalized spacial score (nSPS) is 20.4. The number of amides is 1. The Morgan fingerprint density at radius 1 is 1.47 bits per heavy atom. The highest BCUT2D eigenvalue weighted by Crippen LogP contribution is 2.29. The number of carbonyl (C=O) groups excluding carboxylic acids is 1. The molecule has 0 radical (unpaired) electrons. The van der Waals surface area contributed by atoms with Gasteiger partial charge in [0.15, 0.2) is 5.52 Å². The van der Waals surface area contributed by atoms with E-state index in [4.69, 9.17) is 10.4 Å². The number of nitrogens with zero attached hydrogens (tertiary/aromatic N) is 3. The molecule has 17 heavy (non-hydrogen) atoms. The number of anilines is 1. The minimum absolute atomic E-state index is 0.0796. The maximum atomic E-state index is 11.9. The molecule has 0 aliphatic carbocycles. The van der Waals surface area contributed by atoms with Crippen LogP contribution in [0.25, 0.3) is 11.0 Å². The molecule has 0 spiro atoms. The predicted octanol–water partition coefficient (Wildman–Crippen LogP) is 0.534. The third kappa shape index (κ3) is 1.57. The highest BCUT2D eigenvalue weighted by molar-refractivity contribution is 6.02. The van der Waals surface area contributed by atoms with Crippen LogP contribution in [-0.2, 0) is 4.79 Å². The van der Waals surface area contributed by atoms with Gasteiger partial charge in [0.1, 0.15) is 5.52 Å². The first kappa shape index (κ1) is 10.2. The molecule has 0 saturated carbocycles. The average molecular weight is 232 g/mol. The zero-order valence-electron chi connectivity index (χ0n) is 9.17. The molecule has 1 fully saturated rings. The van der Waals surface area contributed by atoms with Crippen molar-refractivity contribution >= 4 is 22.6 Å². The second kappa shape index (κ2) is 3.81. The third-order valence-electron chi connectivity index (χ3n) is 3.09. The standard InChI is InChI=1S/C11H12N4O2/c12-5-7-4-10(16)15(6-7)9-3-1-2-8-11(9)14-17-13-8/h1-3,7H,4-6,12H2. The lowest BCUT2D eigenvalue weighted by Gasteiger charge is -2.16. The summed E-state index contributed by atoms with van der Waals surface area (Å²) in [5.74, 6) is 0.300. The van der Waals surface area contributed by atoms with Gasteiger partial charge in [-0.3, -0.25) is 4.79 Å². The second-order valence-corrected chi connectivity index (χ2v) is 4.22. The van der Waals surface area contributed by atoms with Crippen molar-refractivity contribution < 1.29 is 9.42 Å². The zero-order chi connectivity index (χ0) is 11.8. The van der Waals surface area contributed by atoms with Gasteiger partial charge in [0.05, 0.1) is 5.69 Å². The Hall–Kier alpha value is -1.95. The van der Waals surface area contributed by atoms with Gasteiger partial charge in [-0.2, -0.15) is 0 Å². The second-order valence-electron chi connectivity index (χ2n) is 4.22. The first-order valence-electron chi connectivity index (χ1n) is 5.51. The Balaban J connectivity index is 2.04. The van der Waals surface area contributed by atoms with Gasteiger partial charge in [-0.25, -0.2) is 4.63 Å². The van der Waals surface area contributed by atoms with Crippen LogP contribution in [0.3, 0.4) is 0 Å². The Bertz CT molecular complexity index is 565. The number of nitrogens with two attached hydrogens (primary N) is 1. The van der Waals surface area contributed by atoms with E-state index in [0.717, 1.165) is 5.69 Å². The van der Waals surface area contributed by atoms with Crippen LogP contribution in [0.5, 0.6) is 0 Å². The number of benzene rings is 1. The van der Waals surface area contributed by atoms with Crippen molar-refractivity contribution in [3.63, 3.8) is 0 Å². The molecular weight excluding hydrogens is 220 g/mol. The number of carbonyl (C=O) groups is 1. The van der Waals surface area contributed by atoms with E-state index in [-0.39, 0.29) is 11.8 Å². The minimum Gasteiger partial charge on any atom is -0.330 e. The SMILES string of the molecule is NCC1CC(=O)N(c2cccc3nonc23)C1. The fourth-order valence-electron chi connectivity index (χ4n) is 2.18. The lowest BCUT2D eigenvalue weighted by atomic mass is 10.1. The summed E-state index contributed by atoms with van der Waals surface area (Å²) >= 11 is 0. The fraction of sp³-hybridized carbons (Fsp3) is 0.364. The maximum Gasteiger partial charge on any atom is 0.227 e. The van der Waals surface area contributed by atoms with E-state index in [2.05, 4.69) is 10.3 Å². The summed E-state index contributed by atoms with van der Waals surface area (Å²) in [7, 11) is 0. The van der Waals surface area contributed by atoms with Crippen LogP contribution >= 0.6 is 0 Å². The molecule has 1 saturated heterocycles. The van der Waals surface area contributed by atoms with Crippen molar-refractivity contribution in [1.82, 2.24) is 10.3 Å². The highest BCUT2D eigenvalue weighted by Gasteiger charge is 2.31. The third-order valence-corrected chi connectivity index (χ3v) is 3.09. The molecule has 1 aromatic carbocycles. The molecule has 0 bridgehead atoms. The monoisotopic (exact) mass is 232 g/mol.